The summed E-state index contributed by atoms with van der Waals surface area (Å²) in [5.41, 5.74) is 0.381. The number of rotatable bonds is 2. The van der Waals surface area contributed by atoms with Crippen molar-refractivity contribution in [3.05, 3.63) is 16.9 Å². The summed E-state index contributed by atoms with van der Waals surface area (Å²) in [4.78, 5) is 26.3. The standard InChI is InChI=1S/C18H25ClN4O/c1-12-10-13-6-2-3-7-15(13)23(12)17(24)16-14(19)11-20-18(21-16)22-8-4-5-9-22/h11-13,15H,2-10H2,1H3. The number of aromatic nitrogens is 2. The molecule has 1 aromatic rings. The Morgan fingerprint density at radius 1 is 1.21 bits per heavy atom. The molecule has 6 heteroatoms. The van der Waals surface area contributed by atoms with Gasteiger partial charge in [0.1, 0.15) is 0 Å². The first-order valence-electron chi connectivity index (χ1n) is 9.25. The first-order valence-corrected chi connectivity index (χ1v) is 9.63. The third-order valence-corrected chi connectivity index (χ3v) is 6.18. The van der Waals surface area contributed by atoms with E-state index in [4.69, 9.17) is 11.6 Å². The molecular weight excluding hydrogens is 324 g/mol. The quantitative estimate of drug-likeness (QED) is 0.820. The molecule has 24 heavy (non-hydrogen) atoms. The topological polar surface area (TPSA) is 49.3 Å². The molecule has 0 bridgehead atoms. The predicted octanol–water partition coefficient (Wildman–Crippen LogP) is 3.52. The number of hydrogen-bond acceptors (Lipinski definition) is 4. The Labute approximate surface area is 148 Å². The summed E-state index contributed by atoms with van der Waals surface area (Å²) in [6.45, 7) is 4.08. The van der Waals surface area contributed by atoms with E-state index in [1.807, 2.05) is 0 Å². The zero-order valence-electron chi connectivity index (χ0n) is 14.2. The van der Waals surface area contributed by atoms with Gasteiger partial charge in [-0.05, 0) is 44.9 Å². The third kappa shape index (κ3) is 2.77. The summed E-state index contributed by atoms with van der Waals surface area (Å²) in [6, 6.07) is 0.634. The third-order valence-electron chi connectivity index (χ3n) is 5.90. The highest BCUT2D eigenvalue weighted by atomic mass is 35.5. The molecule has 1 saturated carbocycles. The van der Waals surface area contributed by atoms with Crippen LogP contribution < -0.4 is 4.90 Å². The summed E-state index contributed by atoms with van der Waals surface area (Å²) in [6.07, 6.45) is 9.88. The normalized spacial score (nSPS) is 29.8. The maximum Gasteiger partial charge on any atom is 0.274 e. The van der Waals surface area contributed by atoms with Crippen LogP contribution in [0.5, 0.6) is 0 Å². The highest BCUT2D eigenvalue weighted by Gasteiger charge is 2.43. The van der Waals surface area contributed by atoms with Gasteiger partial charge in [-0.1, -0.05) is 24.4 Å². The van der Waals surface area contributed by atoms with Crippen molar-refractivity contribution in [1.29, 1.82) is 0 Å². The average molecular weight is 349 g/mol. The van der Waals surface area contributed by atoms with E-state index in [-0.39, 0.29) is 11.9 Å². The number of nitrogens with zero attached hydrogens (tertiary/aromatic N) is 4. The lowest BCUT2D eigenvalue weighted by atomic mass is 9.85. The minimum absolute atomic E-state index is 0.00949. The second-order valence-corrected chi connectivity index (χ2v) is 7.88. The molecule has 5 nitrogen and oxygen atoms in total. The number of amides is 1. The Balaban J connectivity index is 1.62. The van der Waals surface area contributed by atoms with Crippen LogP contribution in [0.1, 0.15) is 62.4 Å². The molecule has 0 spiro atoms. The zero-order chi connectivity index (χ0) is 16.7. The van der Waals surface area contributed by atoms with Crippen LogP contribution in [0.3, 0.4) is 0 Å². The van der Waals surface area contributed by atoms with Crippen LogP contribution in [0.4, 0.5) is 5.95 Å². The second-order valence-electron chi connectivity index (χ2n) is 7.47. The Bertz CT molecular complexity index is 631. The lowest BCUT2D eigenvalue weighted by Gasteiger charge is -2.33. The van der Waals surface area contributed by atoms with Crippen molar-refractivity contribution in [2.45, 2.75) is 64.0 Å². The van der Waals surface area contributed by atoms with E-state index in [1.165, 1.54) is 19.3 Å². The van der Waals surface area contributed by atoms with Crippen LogP contribution in [0.25, 0.3) is 0 Å². The monoisotopic (exact) mass is 348 g/mol. The molecule has 2 aliphatic heterocycles. The molecule has 2 saturated heterocycles. The highest BCUT2D eigenvalue weighted by molar-refractivity contribution is 6.33. The largest absolute Gasteiger partial charge is 0.341 e. The van der Waals surface area contributed by atoms with E-state index < -0.39 is 0 Å². The fourth-order valence-electron chi connectivity index (χ4n) is 4.76. The van der Waals surface area contributed by atoms with Crippen LogP contribution >= 0.6 is 11.6 Å². The summed E-state index contributed by atoms with van der Waals surface area (Å²) in [5, 5.41) is 0.370. The van der Waals surface area contributed by atoms with Crippen molar-refractivity contribution in [3.8, 4) is 0 Å². The summed E-state index contributed by atoms with van der Waals surface area (Å²) < 4.78 is 0. The molecule has 1 aliphatic carbocycles. The van der Waals surface area contributed by atoms with Gasteiger partial charge in [0, 0.05) is 25.2 Å². The van der Waals surface area contributed by atoms with Gasteiger partial charge < -0.3 is 9.80 Å². The fourth-order valence-corrected chi connectivity index (χ4v) is 4.93. The number of anilines is 1. The van der Waals surface area contributed by atoms with Crippen molar-refractivity contribution >= 4 is 23.5 Å². The number of carbonyl (C=O) groups is 1. The van der Waals surface area contributed by atoms with Gasteiger partial charge in [0.2, 0.25) is 5.95 Å². The van der Waals surface area contributed by atoms with Crippen molar-refractivity contribution in [3.63, 3.8) is 0 Å². The number of hydrogen-bond donors (Lipinski definition) is 0. The van der Waals surface area contributed by atoms with Crippen LogP contribution in [-0.2, 0) is 0 Å². The Morgan fingerprint density at radius 2 is 1.96 bits per heavy atom. The molecule has 3 fully saturated rings. The highest BCUT2D eigenvalue weighted by Crippen LogP contribution is 2.40. The minimum Gasteiger partial charge on any atom is -0.341 e. The van der Waals surface area contributed by atoms with Crippen molar-refractivity contribution < 1.29 is 4.79 Å². The van der Waals surface area contributed by atoms with Gasteiger partial charge in [0.05, 0.1) is 11.2 Å². The van der Waals surface area contributed by atoms with E-state index in [0.717, 1.165) is 38.8 Å². The summed E-state index contributed by atoms with van der Waals surface area (Å²) in [7, 11) is 0. The SMILES string of the molecule is CC1CC2CCCCC2N1C(=O)c1nc(N2CCCC2)ncc1Cl. The van der Waals surface area contributed by atoms with Gasteiger partial charge in [0.25, 0.3) is 5.91 Å². The van der Waals surface area contributed by atoms with Gasteiger partial charge in [-0.2, -0.15) is 0 Å². The molecule has 3 unspecified atom stereocenters. The Morgan fingerprint density at radius 3 is 2.75 bits per heavy atom. The Kier molecular flexibility index (Phi) is 4.37. The smallest absolute Gasteiger partial charge is 0.274 e. The summed E-state index contributed by atoms with van der Waals surface area (Å²) >= 11 is 6.31. The van der Waals surface area contributed by atoms with E-state index in [1.54, 1.807) is 6.20 Å². The lowest BCUT2D eigenvalue weighted by Crippen LogP contribution is -2.43. The molecule has 4 rings (SSSR count). The van der Waals surface area contributed by atoms with E-state index in [2.05, 4.69) is 26.7 Å². The first-order chi connectivity index (χ1) is 11.6. The molecule has 0 N–H and O–H groups in total. The lowest BCUT2D eigenvalue weighted by molar-refractivity contribution is 0.0627. The van der Waals surface area contributed by atoms with Gasteiger partial charge in [0.15, 0.2) is 5.69 Å². The van der Waals surface area contributed by atoms with Gasteiger partial charge >= 0.3 is 0 Å². The maximum atomic E-state index is 13.2. The molecule has 3 atom stereocenters. The number of carbonyl (C=O) groups excluding carboxylic acids is 1. The number of halogens is 1. The molecule has 0 aromatic carbocycles. The van der Waals surface area contributed by atoms with E-state index >= 15 is 0 Å². The van der Waals surface area contributed by atoms with Crippen molar-refractivity contribution in [1.82, 2.24) is 14.9 Å². The van der Waals surface area contributed by atoms with E-state index in [0.29, 0.717) is 28.6 Å². The van der Waals surface area contributed by atoms with Crippen LogP contribution in [-0.4, -0.2) is 45.9 Å². The van der Waals surface area contributed by atoms with Gasteiger partial charge in [-0.15, -0.1) is 0 Å². The van der Waals surface area contributed by atoms with E-state index in [9.17, 15) is 4.79 Å². The maximum absolute atomic E-state index is 13.2. The molecule has 130 valence electrons. The molecule has 3 aliphatic rings. The van der Waals surface area contributed by atoms with Crippen molar-refractivity contribution in [2.24, 2.45) is 5.92 Å². The van der Waals surface area contributed by atoms with Crippen LogP contribution in [0, 0.1) is 5.92 Å². The molecular formula is C18H25ClN4O. The minimum atomic E-state index is -0.00949. The molecule has 3 heterocycles. The molecule has 1 aromatic heterocycles. The average Bonchev–Trinajstić information content (AvgIpc) is 3.21. The molecule has 0 radical (unpaired) electrons. The first kappa shape index (κ1) is 16.1. The van der Waals surface area contributed by atoms with Crippen LogP contribution in [0.2, 0.25) is 5.02 Å². The van der Waals surface area contributed by atoms with Gasteiger partial charge in [-0.25, -0.2) is 9.97 Å². The summed E-state index contributed by atoms with van der Waals surface area (Å²) in [5.74, 6) is 1.29. The Hall–Kier alpha value is -1.36. The van der Waals surface area contributed by atoms with Gasteiger partial charge in [-0.3, -0.25) is 4.79 Å². The second kappa shape index (κ2) is 6.51. The predicted molar refractivity (Wildman–Crippen MR) is 94.5 cm³/mol. The molecule has 1 amide bonds. The van der Waals surface area contributed by atoms with Crippen LogP contribution in [0.15, 0.2) is 6.20 Å². The zero-order valence-corrected chi connectivity index (χ0v) is 15.0. The fraction of sp³-hybridized carbons (Fsp3) is 0.722. The number of fused-ring (bicyclic) bond motifs is 1. The number of likely N-dealkylation sites (tertiary alicyclic amines) is 1. The van der Waals surface area contributed by atoms with Crippen molar-refractivity contribution in [2.75, 3.05) is 18.0 Å².